The number of carbonyl (C=O) groups excluding carboxylic acids is 1. The molecule has 1 unspecified atom stereocenters. The lowest BCUT2D eigenvalue weighted by Crippen LogP contribution is -2.53. The van der Waals surface area contributed by atoms with Gasteiger partial charge in [0.2, 0.25) is 0 Å². The van der Waals surface area contributed by atoms with Gasteiger partial charge in [0.1, 0.15) is 0 Å². The van der Waals surface area contributed by atoms with Gasteiger partial charge in [0.05, 0.1) is 14.2 Å². The first-order valence-electron chi connectivity index (χ1n) is 7.16. The first kappa shape index (κ1) is 18.6. The molecule has 1 heterocycles. The minimum atomic E-state index is -0.0650. The van der Waals surface area contributed by atoms with E-state index in [0.29, 0.717) is 30.2 Å². The van der Waals surface area contributed by atoms with E-state index in [1.54, 1.807) is 32.4 Å². The average Bonchev–Trinajstić information content (AvgIpc) is 2.48. The number of benzene rings is 1. The van der Waals surface area contributed by atoms with Gasteiger partial charge in [0.25, 0.3) is 5.91 Å². The van der Waals surface area contributed by atoms with Gasteiger partial charge in [-0.1, -0.05) is 13.8 Å². The molecule has 22 heavy (non-hydrogen) atoms. The van der Waals surface area contributed by atoms with E-state index in [1.165, 1.54) is 0 Å². The number of nitrogens with zero attached hydrogens (tertiary/aromatic N) is 1. The van der Waals surface area contributed by atoms with Crippen LogP contribution < -0.4 is 15.2 Å². The number of rotatable bonds is 3. The van der Waals surface area contributed by atoms with Crippen molar-refractivity contribution in [1.29, 1.82) is 0 Å². The smallest absolute Gasteiger partial charge is 0.254 e. The fourth-order valence-electron chi connectivity index (χ4n) is 2.70. The molecule has 1 fully saturated rings. The van der Waals surface area contributed by atoms with E-state index in [1.807, 2.05) is 4.90 Å². The minimum absolute atomic E-state index is 0. The maximum absolute atomic E-state index is 12.7. The van der Waals surface area contributed by atoms with Crippen molar-refractivity contribution >= 4 is 18.3 Å². The molecule has 124 valence electrons. The van der Waals surface area contributed by atoms with E-state index in [2.05, 4.69) is 13.8 Å². The van der Waals surface area contributed by atoms with Crippen LogP contribution in [0.15, 0.2) is 18.2 Å². The molecule has 0 spiro atoms. The largest absolute Gasteiger partial charge is 0.493 e. The molecule has 0 aromatic heterocycles. The van der Waals surface area contributed by atoms with Gasteiger partial charge >= 0.3 is 0 Å². The van der Waals surface area contributed by atoms with Gasteiger partial charge in [-0.25, -0.2) is 0 Å². The zero-order chi connectivity index (χ0) is 15.6. The van der Waals surface area contributed by atoms with Crippen molar-refractivity contribution in [3.05, 3.63) is 23.8 Å². The van der Waals surface area contributed by atoms with Crippen LogP contribution >= 0.6 is 12.4 Å². The molecule has 1 amide bonds. The van der Waals surface area contributed by atoms with Crippen molar-refractivity contribution in [2.24, 2.45) is 11.1 Å². The number of hydrogen-bond donors (Lipinski definition) is 1. The second kappa shape index (κ2) is 7.20. The number of methoxy groups -OCH3 is 2. The molecule has 5 nitrogen and oxygen atoms in total. The number of piperidine rings is 1. The molecule has 6 heteroatoms. The SMILES string of the molecule is COc1ccc(C(=O)N2CCC(N)C(C)(C)C2)cc1OC.Cl. The van der Waals surface area contributed by atoms with Crippen molar-refractivity contribution in [2.75, 3.05) is 27.3 Å². The Morgan fingerprint density at radius 3 is 2.45 bits per heavy atom. The molecular weight excluding hydrogens is 304 g/mol. The van der Waals surface area contributed by atoms with E-state index >= 15 is 0 Å². The molecule has 1 atom stereocenters. The average molecular weight is 329 g/mol. The normalized spacial score (nSPS) is 20.0. The highest BCUT2D eigenvalue weighted by atomic mass is 35.5. The summed E-state index contributed by atoms with van der Waals surface area (Å²) in [4.78, 5) is 14.5. The highest BCUT2D eigenvalue weighted by Gasteiger charge is 2.35. The Morgan fingerprint density at radius 2 is 1.91 bits per heavy atom. The van der Waals surface area contributed by atoms with Crippen LogP contribution in [0, 0.1) is 5.41 Å². The molecule has 0 radical (unpaired) electrons. The van der Waals surface area contributed by atoms with E-state index in [0.717, 1.165) is 6.42 Å². The summed E-state index contributed by atoms with van der Waals surface area (Å²) in [6.07, 6.45) is 0.825. The molecule has 0 bridgehead atoms. The second-order valence-corrected chi connectivity index (χ2v) is 6.18. The second-order valence-electron chi connectivity index (χ2n) is 6.18. The van der Waals surface area contributed by atoms with Crippen molar-refractivity contribution < 1.29 is 14.3 Å². The van der Waals surface area contributed by atoms with Gasteiger partial charge in [-0.2, -0.15) is 0 Å². The number of likely N-dealkylation sites (tertiary alicyclic amines) is 1. The standard InChI is InChI=1S/C16H24N2O3.ClH/c1-16(2)10-18(8-7-14(16)17)15(19)11-5-6-12(20-3)13(9-11)21-4;/h5-6,9,14H,7-8,10,17H2,1-4H3;1H. The summed E-state index contributed by atoms with van der Waals surface area (Å²) in [5, 5.41) is 0. The van der Waals surface area contributed by atoms with Crippen molar-refractivity contribution in [3.63, 3.8) is 0 Å². The van der Waals surface area contributed by atoms with E-state index in [9.17, 15) is 4.79 Å². The number of ether oxygens (including phenoxy) is 2. The van der Waals surface area contributed by atoms with Crippen LogP contribution in [0.5, 0.6) is 11.5 Å². The van der Waals surface area contributed by atoms with Gasteiger partial charge in [0, 0.05) is 24.7 Å². The third kappa shape index (κ3) is 3.65. The van der Waals surface area contributed by atoms with E-state index in [4.69, 9.17) is 15.2 Å². The van der Waals surface area contributed by atoms with Crippen LogP contribution in [0.1, 0.15) is 30.6 Å². The number of carbonyl (C=O) groups is 1. The Balaban J connectivity index is 0.00000242. The molecule has 2 rings (SSSR count). The molecule has 1 saturated heterocycles. The zero-order valence-corrected chi connectivity index (χ0v) is 14.4. The van der Waals surface area contributed by atoms with Crippen LogP contribution in [0.25, 0.3) is 0 Å². The molecule has 1 aromatic carbocycles. The topological polar surface area (TPSA) is 64.8 Å². The van der Waals surface area contributed by atoms with E-state index in [-0.39, 0.29) is 29.8 Å². The maximum atomic E-state index is 12.7. The molecular formula is C16H25ClN2O3. The summed E-state index contributed by atoms with van der Waals surface area (Å²) < 4.78 is 10.5. The molecule has 0 saturated carbocycles. The van der Waals surface area contributed by atoms with Crippen molar-refractivity contribution in [1.82, 2.24) is 4.90 Å². The van der Waals surface area contributed by atoms with Gasteiger partial charge in [-0.05, 0) is 30.0 Å². The number of hydrogen-bond acceptors (Lipinski definition) is 4. The number of halogens is 1. The van der Waals surface area contributed by atoms with E-state index < -0.39 is 0 Å². The van der Waals surface area contributed by atoms with Gasteiger partial charge in [-0.15, -0.1) is 12.4 Å². The number of amides is 1. The Labute approximate surface area is 138 Å². The predicted molar refractivity (Wildman–Crippen MR) is 89.1 cm³/mol. The molecule has 0 aliphatic carbocycles. The molecule has 1 aromatic rings. The van der Waals surface area contributed by atoms with Crippen LogP contribution in [-0.2, 0) is 0 Å². The molecule has 1 aliphatic rings. The summed E-state index contributed by atoms with van der Waals surface area (Å²) >= 11 is 0. The van der Waals surface area contributed by atoms with Gasteiger partial charge in [0.15, 0.2) is 11.5 Å². The lowest BCUT2D eigenvalue weighted by Gasteiger charge is -2.42. The van der Waals surface area contributed by atoms with Crippen LogP contribution in [-0.4, -0.2) is 44.2 Å². The summed E-state index contributed by atoms with van der Waals surface area (Å²) in [5.41, 5.74) is 6.67. The fraction of sp³-hybridized carbons (Fsp3) is 0.562. The molecule has 1 aliphatic heterocycles. The number of nitrogens with two attached hydrogens (primary N) is 1. The van der Waals surface area contributed by atoms with Crippen LogP contribution in [0.2, 0.25) is 0 Å². The Kier molecular flexibility index (Phi) is 6.08. The zero-order valence-electron chi connectivity index (χ0n) is 13.6. The van der Waals surface area contributed by atoms with Crippen molar-refractivity contribution in [2.45, 2.75) is 26.3 Å². The lowest BCUT2D eigenvalue weighted by molar-refractivity contribution is 0.0532. The Hall–Kier alpha value is -1.46. The summed E-state index contributed by atoms with van der Waals surface area (Å²) in [6.45, 7) is 5.57. The highest BCUT2D eigenvalue weighted by Crippen LogP contribution is 2.31. The Morgan fingerprint density at radius 1 is 1.27 bits per heavy atom. The monoisotopic (exact) mass is 328 g/mol. The first-order valence-corrected chi connectivity index (χ1v) is 7.16. The third-order valence-corrected chi connectivity index (χ3v) is 4.23. The minimum Gasteiger partial charge on any atom is -0.493 e. The van der Waals surface area contributed by atoms with Crippen molar-refractivity contribution in [3.8, 4) is 11.5 Å². The summed E-state index contributed by atoms with van der Waals surface area (Å²) in [7, 11) is 3.14. The summed E-state index contributed by atoms with van der Waals surface area (Å²) in [6, 6.07) is 5.38. The van der Waals surface area contributed by atoms with Crippen LogP contribution in [0.3, 0.4) is 0 Å². The first-order chi connectivity index (χ1) is 9.89. The lowest BCUT2D eigenvalue weighted by atomic mass is 9.79. The fourth-order valence-corrected chi connectivity index (χ4v) is 2.70. The maximum Gasteiger partial charge on any atom is 0.254 e. The van der Waals surface area contributed by atoms with Gasteiger partial charge < -0.3 is 20.1 Å². The Bertz CT molecular complexity index is 534. The highest BCUT2D eigenvalue weighted by molar-refractivity contribution is 5.95. The molecule has 2 N–H and O–H groups in total. The third-order valence-electron chi connectivity index (χ3n) is 4.23. The predicted octanol–water partition coefficient (Wildman–Crippen LogP) is 2.33. The van der Waals surface area contributed by atoms with Crippen LogP contribution in [0.4, 0.5) is 0 Å². The summed E-state index contributed by atoms with van der Waals surface area (Å²) in [5.74, 6) is 1.20. The van der Waals surface area contributed by atoms with Gasteiger partial charge in [-0.3, -0.25) is 4.79 Å². The quantitative estimate of drug-likeness (QED) is 0.925.